The Balaban J connectivity index is 2.49. The SMILES string of the molecule is O=C(CCC(C(=O)O)N1CCN(C(CCC(=O)NCC(O)CO)C(=O)O)Cc2cccc(n2)CN(C(CCC(O)NCC(O)CO)C(=O)O)CC1)NCC(O)CO. The molecule has 0 saturated carbocycles. The third kappa shape index (κ3) is 18.5. The number of rotatable bonds is 25. The number of carboxylic acid groups (broad SMARTS) is 3. The Hall–Kier alpha value is -3.94. The van der Waals surface area contributed by atoms with Crippen LogP contribution in [0.3, 0.4) is 0 Å². The first kappa shape index (κ1) is 49.2. The van der Waals surface area contributed by atoms with E-state index in [1.165, 1.54) is 9.80 Å². The van der Waals surface area contributed by atoms with Crippen LogP contribution in [0.2, 0.25) is 0 Å². The van der Waals surface area contributed by atoms with E-state index in [0.717, 1.165) is 0 Å². The van der Waals surface area contributed by atoms with Crippen molar-refractivity contribution in [2.75, 3.05) is 65.6 Å². The minimum atomic E-state index is -1.33. The van der Waals surface area contributed by atoms with Crippen molar-refractivity contribution in [3.05, 3.63) is 29.6 Å². The minimum Gasteiger partial charge on any atom is -0.480 e. The third-order valence-corrected chi connectivity index (χ3v) is 9.42. The van der Waals surface area contributed by atoms with E-state index in [4.69, 9.17) is 15.3 Å². The van der Waals surface area contributed by atoms with Crippen LogP contribution in [0.25, 0.3) is 0 Å². The van der Waals surface area contributed by atoms with Gasteiger partial charge in [0.15, 0.2) is 0 Å². The largest absolute Gasteiger partial charge is 0.480 e. The lowest BCUT2D eigenvalue weighted by atomic mass is 10.1. The summed E-state index contributed by atoms with van der Waals surface area (Å²) in [6.45, 7) is -2.85. The van der Waals surface area contributed by atoms with Crippen LogP contribution >= 0.6 is 0 Å². The summed E-state index contributed by atoms with van der Waals surface area (Å²) < 4.78 is 0. The quantitative estimate of drug-likeness (QED) is 0.0411. The number of hydrogen-bond donors (Lipinski definition) is 13. The van der Waals surface area contributed by atoms with Gasteiger partial charge in [-0.3, -0.25) is 49.0 Å². The van der Waals surface area contributed by atoms with Crippen LogP contribution in [0, 0.1) is 0 Å². The van der Waals surface area contributed by atoms with E-state index >= 15 is 0 Å². The molecule has 22 heteroatoms. The van der Waals surface area contributed by atoms with Crippen LogP contribution in [0.15, 0.2) is 18.2 Å². The van der Waals surface area contributed by atoms with Crippen LogP contribution in [0.4, 0.5) is 0 Å². The van der Waals surface area contributed by atoms with Crippen molar-refractivity contribution < 1.29 is 75.0 Å². The smallest absolute Gasteiger partial charge is 0.320 e. The molecule has 1 aliphatic heterocycles. The summed E-state index contributed by atoms with van der Waals surface area (Å²) in [5.41, 5.74) is 0.799. The lowest BCUT2D eigenvalue weighted by Crippen LogP contribution is -2.52. The van der Waals surface area contributed by atoms with Crippen LogP contribution in [0.5, 0.6) is 0 Å². The maximum absolute atomic E-state index is 12.8. The summed E-state index contributed by atoms with van der Waals surface area (Å²) in [5.74, 6) is -5.01. The standard InChI is InChI=1S/C35H59N7O15/c43-19-24(46)14-36-30(49)7-4-27(33(52)53)40-10-12-41(28(34(54)55)5-8-31(50)37-15-25(47)20-44)17-22-2-1-3-23(39-22)18-42(13-11-40)29(35(56)57)6-9-32(51)38-16-26(48)21-45/h1-3,24-29,31,37,43-48,50H,4-21H2,(H,36,49)(H,38,51)(H,52,53)(H,54,55)(H,56,57). The number of aliphatic carboxylic acids is 3. The lowest BCUT2D eigenvalue weighted by molar-refractivity contribution is -0.147. The molecule has 1 aromatic rings. The number of carboxylic acids is 3. The lowest BCUT2D eigenvalue weighted by Gasteiger charge is -2.37. The second kappa shape index (κ2) is 26.1. The molecule has 2 amide bonds. The highest BCUT2D eigenvalue weighted by Gasteiger charge is 2.33. The number of pyridine rings is 1. The molecule has 0 fully saturated rings. The van der Waals surface area contributed by atoms with Gasteiger partial charge in [0.2, 0.25) is 11.8 Å². The minimum absolute atomic E-state index is 0.0546. The van der Waals surface area contributed by atoms with E-state index in [-0.39, 0.29) is 97.4 Å². The summed E-state index contributed by atoms with van der Waals surface area (Å²) in [7, 11) is 0. The summed E-state index contributed by atoms with van der Waals surface area (Å²) in [4.78, 5) is 72.5. The van der Waals surface area contributed by atoms with Gasteiger partial charge in [-0.15, -0.1) is 0 Å². The van der Waals surface area contributed by atoms with Crippen molar-refractivity contribution in [1.29, 1.82) is 0 Å². The summed E-state index contributed by atoms with van der Waals surface area (Å²) in [6, 6.07) is 1.12. The Morgan fingerprint density at radius 2 is 0.965 bits per heavy atom. The number of carbonyl (C=O) groups is 5. The molecule has 0 saturated heterocycles. The Bertz CT molecular complexity index is 1410. The fourth-order valence-electron chi connectivity index (χ4n) is 6.19. The van der Waals surface area contributed by atoms with E-state index in [1.54, 1.807) is 23.1 Å². The van der Waals surface area contributed by atoms with Crippen LogP contribution in [0.1, 0.15) is 49.9 Å². The first-order chi connectivity index (χ1) is 27.1. The molecular formula is C35H59N7O15. The summed E-state index contributed by atoms with van der Waals surface area (Å²) in [5, 5.41) is 105. The molecule has 0 aliphatic carbocycles. The molecule has 324 valence electrons. The van der Waals surface area contributed by atoms with E-state index in [0.29, 0.717) is 11.4 Å². The molecule has 57 heavy (non-hydrogen) atoms. The highest BCUT2D eigenvalue weighted by molar-refractivity contribution is 5.79. The Morgan fingerprint density at radius 3 is 1.39 bits per heavy atom. The van der Waals surface area contributed by atoms with Gasteiger partial charge in [0.25, 0.3) is 0 Å². The molecule has 0 spiro atoms. The Labute approximate surface area is 329 Å². The van der Waals surface area contributed by atoms with Crippen molar-refractivity contribution >= 4 is 29.7 Å². The number of amides is 2. The normalized spacial score (nSPS) is 18.4. The number of hydrogen-bond acceptors (Lipinski definition) is 17. The number of aliphatic hydroxyl groups is 7. The molecule has 0 radical (unpaired) electrons. The number of nitrogens with zero attached hydrogens (tertiary/aromatic N) is 4. The molecule has 7 atom stereocenters. The molecule has 13 N–H and O–H groups in total. The van der Waals surface area contributed by atoms with Crippen molar-refractivity contribution in [3.8, 4) is 0 Å². The maximum atomic E-state index is 12.8. The van der Waals surface area contributed by atoms with Crippen LogP contribution < -0.4 is 16.0 Å². The average molecular weight is 818 g/mol. The van der Waals surface area contributed by atoms with E-state index in [9.17, 15) is 59.7 Å². The van der Waals surface area contributed by atoms with E-state index < -0.39 is 92.2 Å². The van der Waals surface area contributed by atoms with Gasteiger partial charge in [-0.2, -0.15) is 0 Å². The van der Waals surface area contributed by atoms with Gasteiger partial charge in [-0.25, -0.2) is 0 Å². The number of aliphatic hydroxyl groups excluding tert-OH is 7. The zero-order valence-corrected chi connectivity index (χ0v) is 31.8. The highest BCUT2D eigenvalue weighted by Crippen LogP contribution is 2.19. The first-order valence-electron chi connectivity index (χ1n) is 18.7. The Kier molecular flexibility index (Phi) is 22.6. The Morgan fingerprint density at radius 1 is 0.579 bits per heavy atom. The van der Waals surface area contributed by atoms with Gasteiger partial charge in [0.05, 0.1) is 49.5 Å². The number of carbonyl (C=O) groups excluding carboxylic acids is 2. The molecule has 7 unspecified atom stereocenters. The number of aromatic nitrogens is 1. The molecule has 1 aliphatic rings. The first-order valence-corrected chi connectivity index (χ1v) is 18.7. The van der Waals surface area contributed by atoms with E-state index in [1.807, 2.05) is 0 Å². The van der Waals surface area contributed by atoms with Crippen molar-refractivity contribution in [1.82, 2.24) is 35.6 Å². The summed E-state index contributed by atoms with van der Waals surface area (Å²) >= 11 is 0. The average Bonchev–Trinajstić information content (AvgIpc) is 3.17. The van der Waals surface area contributed by atoms with Gasteiger partial charge < -0.3 is 61.7 Å². The number of nitrogens with one attached hydrogen (secondary N) is 3. The molecule has 1 aromatic heterocycles. The maximum Gasteiger partial charge on any atom is 0.320 e. The van der Waals surface area contributed by atoms with Crippen molar-refractivity contribution in [3.63, 3.8) is 0 Å². The van der Waals surface area contributed by atoms with E-state index in [2.05, 4.69) is 20.9 Å². The van der Waals surface area contributed by atoms with Gasteiger partial charge in [-0.1, -0.05) is 6.07 Å². The number of fused-ring (bicyclic) bond motifs is 2. The molecule has 22 nitrogen and oxygen atoms in total. The molecule has 2 bridgehead atoms. The van der Waals surface area contributed by atoms with Gasteiger partial charge >= 0.3 is 17.9 Å². The van der Waals surface area contributed by atoms with Crippen molar-refractivity contribution in [2.45, 2.75) is 94.3 Å². The molecule has 2 rings (SSSR count). The molecule has 0 aromatic carbocycles. The summed E-state index contributed by atoms with van der Waals surface area (Å²) in [6.07, 6.45) is -5.97. The van der Waals surface area contributed by atoms with Crippen molar-refractivity contribution in [2.24, 2.45) is 0 Å². The predicted octanol–water partition coefficient (Wildman–Crippen LogP) is -5.10. The third-order valence-electron chi connectivity index (χ3n) is 9.42. The zero-order valence-electron chi connectivity index (χ0n) is 31.8. The second-order valence-electron chi connectivity index (χ2n) is 13.9. The fourth-order valence-corrected chi connectivity index (χ4v) is 6.19. The second-order valence-corrected chi connectivity index (χ2v) is 13.9. The van der Waals surface area contributed by atoms with Crippen LogP contribution in [-0.4, -0.2) is 209 Å². The fraction of sp³-hybridized carbons (Fsp3) is 0.714. The van der Waals surface area contributed by atoms with Gasteiger partial charge in [-0.05, 0) is 37.8 Å². The van der Waals surface area contributed by atoms with Gasteiger partial charge in [0, 0.05) is 71.7 Å². The highest BCUT2D eigenvalue weighted by atomic mass is 16.4. The van der Waals surface area contributed by atoms with Crippen LogP contribution in [-0.2, 0) is 37.1 Å². The van der Waals surface area contributed by atoms with Gasteiger partial charge in [0.1, 0.15) is 24.4 Å². The molecule has 2 heterocycles. The monoisotopic (exact) mass is 817 g/mol. The molecular weight excluding hydrogens is 758 g/mol. The predicted molar refractivity (Wildman–Crippen MR) is 198 cm³/mol. The zero-order chi connectivity index (χ0) is 42.5. The topological polar surface area (TPSA) is 346 Å².